The Kier molecular flexibility index (Phi) is 6.84. The second-order valence-electron chi connectivity index (χ2n) is 6.45. The first-order valence-corrected chi connectivity index (χ1v) is 9.23. The van der Waals surface area contributed by atoms with Crippen molar-refractivity contribution in [3.8, 4) is 0 Å². The Morgan fingerprint density at radius 2 is 1.77 bits per heavy atom. The quantitative estimate of drug-likeness (QED) is 0.613. The molecule has 0 aliphatic carbocycles. The van der Waals surface area contributed by atoms with E-state index in [1.165, 1.54) is 11.1 Å². The molecule has 0 aliphatic rings. The predicted octanol–water partition coefficient (Wildman–Crippen LogP) is 4.92. The number of hydrogen-bond donors (Lipinski definition) is 1. The fraction of sp³-hybridized carbons (Fsp3) is 0.217. The van der Waals surface area contributed by atoms with Crippen LogP contribution in [0.1, 0.15) is 22.8 Å². The summed E-state index contributed by atoms with van der Waals surface area (Å²) in [4.78, 5) is 2.29. The highest BCUT2D eigenvalue weighted by molar-refractivity contribution is 6.30. The van der Waals surface area contributed by atoms with E-state index in [4.69, 9.17) is 11.6 Å². The first-order chi connectivity index (χ1) is 12.7. The molecule has 0 aromatic heterocycles. The van der Waals surface area contributed by atoms with E-state index in [0.29, 0.717) is 11.6 Å². The molecule has 1 N–H and O–H groups in total. The molecule has 0 heterocycles. The molecule has 0 fully saturated rings. The van der Waals surface area contributed by atoms with Crippen LogP contribution in [0.5, 0.6) is 0 Å². The van der Waals surface area contributed by atoms with Gasteiger partial charge in [-0.1, -0.05) is 78.3 Å². The summed E-state index contributed by atoms with van der Waals surface area (Å²) in [6, 6.07) is 29.0. The summed E-state index contributed by atoms with van der Waals surface area (Å²) in [5, 5.41) is 11.3. The van der Waals surface area contributed by atoms with Gasteiger partial charge in [0.1, 0.15) is 0 Å². The zero-order chi connectivity index (χ0) is 18.2. The van der Waals surface area contributed by atoms with Crippen LogP contribution in [0.2, 0.25) is 5.02 Å². The third-order valence-corrected chi connectivity index (χ3v) is 4.64. The topological polar surface area (TPSA) is 23.5 Å². The van der Waals surface area contributed by atoms with Crippen LogP contribution in [0.15, 0.2) is 78.9 Å². The highest BCUT2D eigenvalue weighted by Crippen LogP contribution is 2.20. The largest absolute Gasteiger partial charge is 0.387 e. The monoisotopic (exact) mass is 364 g/mol. The molecule has 1 atom stereocenters. The molecule has 1 radical (unpaired) electrons. The molecule has 0 unspecified atom stereocenters. The molecule has 0 aliphatic heterocycles. The van der Waals surface area contributed by atoms with Crippen molar-refractivity contribution in [2.45, 2.75) is 19.1 Å². The molecule has 26 heavy (non-hydrogen) atoms. The molecular weight excluding hydrogens is 342 g/mol. The first kappa shape index (κ1) is 18.7. The third-order valence-electron chi connectivity index (χ3n) is 4.40. The van der Waals surface area contributed by atoms with Gasteiger partial charge in [-0.05, 0) is 41.3 Å². The van der Waals surface area contributed by atoms with Crippen LogP contribution in [0.3, 0.4) is 0 Å². The lowest BCUT2D eigenvalue weighted by Crippen LogP contribution is -2.30. The molecule has 2 nitrogen and oxygen atoms in total. The summed E-state index contributed by atoms with van der Waals surface area (Å²) in [6.07, 6.45) is 0.353. The maximum absolute atomic E-state index is 10.7. The van der Waals surface area contributed by atoms with Gasteiger partial charge in [0.25, 0.3) is 0 Å². The summed E-state index contributed by atoms with van der Waals surface area (Å²) < 4.78 is 0. The fourth-order valence-corrected chi connectivity index (χ4v) is 3.21. The molecule has 3 aromatic carbocycles. The molecule has 3 heteroatoms. The Labute approximate surface area is 160 Å². The van der Waals surface area contributed by atoms with Gasteiger partial charge < -0.3 is 5.11 Å². The van der Waals surface area contributed by atoms with Crippen LogP contribution in [0.4, 0.5) is 0 Å². The lowest BCUT2D eigenvalue weighted by molar-refractivity contribution is 0.109. The molecule has 0 saturated heterocycles. The van der Waals surface area contributed by atoms with E-state index < -0.39 is 6.10 Å². The van der Waals surface area contributed by atoms with Crippen molar-refractivity contribution in [1.82, 2.24) is 4.90 Å². The van der Waals surface area contributed by atoms with Crippen LogP contribution < -0.4 is 0 Å². The van der Waals surface area contributed by atoms with E-state index in [1.807, 2.05) is 60.7 Å². The van der Waals surface area contributed by atoms with Gasteiger partial charge in [-0.3, -0.25) is 4.90 Å². The molecule has 0 saturated carbocycles. The summed E-state index contributed by atoms with van der Waals surface area (Å²) in [6.45, 7) is 2.23. The Morgan fingerprint density at radius 3 is 2.50 bits per heavy atom. The number of aliphatic hydroxyl groups is 1. The normalized spacial score (nSPS) is 12.3. The highest BCUT2D eigenvalue weighted by Gasteiger charge is 2.14. The molecular formula is C23H23ClNO. The minimum atomic E-state index is -0.570. The average molecular weight is 365 g/mol. The van der Waals surface area contributed by atoms with Crippen molar-refractivity contribution < 1.29 is 5.11 Å². The fourth-order valence-electron chi connectivity index (χ4n) is 3.01. The van der Waals surface area contributed by atoms with Crippen LogP contribution in [0.25, 0.3) is 0 Å². The van der Waals surface area contributed by atoms with Crippen LogP contribution in [-0.4, -0.2) is 23.1 Å². The van der Waals surface area contributed by atoms with E-state index in [-0.39, 0.29) is 0 Å². The standard InChI is InChI=1S/C23H23ClNO/c24-22-13-7-12-21(16-22)23(26)18-25(17-20-10-5-2-6-11-20)15-14-19-8-3-1-4-9-19/h1-3,5-13,16,23,26H,14-15,17-18H2/t23-/m0/s1. The van der Waals surface area contributed by atoms with E-state index >= 15 is 0 Å². The molecule has 3 aromatic rings. The average Bonchev–Trinajstić information content (AvgIpc) is 2.68. The first-order valence-electron chi connectivity index (χ1n) is 8.85. The second-order valence-corrected chi connectivity index (χ2v) is 6.89. The minimum absolute atomic E-state index is 0.561. The van der Waals surface area contributed by atoms with Gasteiger partial charge in [0.05, 0.1) is 6.10 Å². The number of hydrogen-bond acceptors (Lipinski definition) is 2. The maximum atomic E-state index is 10.7. The van der Waals surface area contributed by atoms with Crippen LogP contribution >= 0.6 is 11.6 Å². The Balaban J connectivity index is 1.69. The number of halogens is 1. The third kappa shape index (κ3) is 5.70. The summed E-state index contributed by atoms with van der Waals surface area (Å²) >= 11 is 6.07. The molecule has 0 amide bonds. The Morgan fingerprint density at radius 1 is 0.962 bits per heavy atom. The SMILES string of the molecule is O[C@@H](CN(CCc1c[c]ccc1)Cc1ccccc1)c1cccc(Cl)c1. The van der Waals surface area contributed by atoms with Crippen molar-refractivity contribution >= 4 is 11.6 Å². The number of benzene rings is 3. The van der Waals surface area contributed by atoms with E-state index in [0.717, 1.165) is 25.1 Å². The Bertz CT molecular complexity index is 792. The summed E-state index contributed by atoms with van der Waals surface area (Å²) in [7, 11) is 0. The van der Waals surface area contributed by atoms with Gasteiger partial charge in [0.15, 0.2) is 0 Å². The van der Waals surface area contributed by atoms with Crippen molar-refractivity contribution in [2.75, 3.05) is 13.1 Å². The van der Waals surface area contributed by atoms with Crippen molar-refractivity contribution in [2.24, 2.45) is 0 Å². The smallest absolute Gasteiger partial charge is 0.0917 e. The van der Waals surface area contributed by atoms with E-state index in [1.54, 1.807) is 0 Å². The van der Waals surface area contributed by atoms with Gasteiger partial charge in [0, 0.05) is 24.7 Å². The van der Waals surface area contributed by atoms with Gasteiger partial charge in [-0.25, -0.2) is 0 Å². The van der Waals surface area contributed by atoms with Gasteiger partial charge in [0.2, 0.25) is 0 Å². The molecule has 3 rings (SSSR count). The number of aliphatic hydroxyl groups excluding tert-OH is 1. The minimum Gasteiger partial charge on any atom is -0.387 e. The van der Waals surface area contributed by atoms with Crippen LogP contribution in [0, 0.1) is 6.07 Å². The van der Waals surface area contributed by atoms with Crippen LogP contribution in [-0.2, 0) is 13.0 Å². The van der Waals surface area contributed by atoms with Gasteiger partial charge in [-0.15, -0.1) is 0 Å². The summed E-state index contributed by atoms with van der Waals surface area (Å²) in [5.41, 5.74) is 3.34. The highest BCUT2D eigenvalue weighted by atomic mass is 35.5. The Hall–Kier alpha value is -2.13. The van der Waals surface area contributed by atoms with Gasteiger partial charge in [-0.2, -0.15) is 0 Å². The predicted molar refractivity (Wildman–Crippen MR) is 107 cm³/mol. The van der Waals surface area contributed by atoms with Crippen molar-refractivity contribution in [1.29, 1.82) is 0 Å². The molecule has 0 spiro atoms. The summed E-state index contributed by atoms with van der Waals surface area (Å²) in [5.74, 6) is 0. The molecule has 0 bridgehead atoms. The lowest BCUT2D eigenvalue weighted by atomic mass is 10.1. The maximum Gasteiger partial charge on any atom is 0.0917 e. The zero-order valence-electron chi connectivity index (χ0n) is 14.7. The van der Waals surface area contributed by atoms with E-state index in [2.05, 4.69) is 29.2 Å². The van der Waals surface area contributed by atoms with Crippen molar-refractivity contribution in [3.63, 3.8) is 0 Å². The molecule has 133 valence electrons. The second kappa shape index (κ2) is 9.54. The lowest BCUT2D eigenvalue weighted by Gasteiger charge is -2.25. The van der Waals surface area contributed by atoms with Gasteiger partial charge >= 0.3 is 0 Å². The zero-order valence-corrected chi connectivity index (χ0v) is 15.4. The number of rotatable bonds is 8. The van der Waals surface area contributed by atoms with E-state index in [9.17, 15) is 5.11 Å². The number of nitrogens with zero attached hydrogens (tertiary/aromatic N) is 1. The van der Waals surface area contributed by atoms with Crippen molar-refractivity contribution in [3.05, 3.63) is 107 Å².